The van der Waals surface area contributed by atoms with Gasteiger partial charge in [0, 0.05) is 38.3 Å². The first kappa shape index (κ1) is 17.3. The van der Waals surface area contributed by atoms with Crippen molar-refractivity contribution in [2.75, 3.05) is 19.8 Å². The number of aliphatic carboxylic acids is 1. The Morgan fingerprint density at radius 2 is 2.13 bits per heavy atom. The van der Waals surface area contributed by atoms with Gasteiger partial charge in [-0.3, -0.25) is 9.59 Å². The van der Waals surface area contributed by atoms with E-state index < -0.39 is 17.6 Å². The van der Waals surface area contributed by atoms with Crippen LogP contribution in [0.2, 0.25) is 0 Å². The Labute approximate surface area is 132 Å². The molecule has 126 valence electrons. The molecule has 23 heavy (non-hydrogen) atoms. The largest absolute Gasteiger partial charge is 0.481 e. The van der Waals surface area contributed by atoms with E-state index in [2.05, 4.69) is 0 Å². The maximum atomic E-state index is 13.8. The Kier molecular flexibility index (Phi) is 6.04. The van der Waals surface area contributed by atoms with Crippen LogP contribution >= 0.6 is 0 Å². The highest BCUT2D eigenvalue weighted by Crippen LogP contribution is 2.20. The molecule has 1 N–H and O–H groups in total. The van der Waals surface area contributed by atoms with E-state index in [1.165, 1.54) is 17.0 Å². The van der Waals surface area contributed by atoms with E-state index in [4.69, 9.17) is 9.84 Å². The van der Waals surface area contributed by atoms with Gasteiger partial charge in [-0.2, -0.15) is 0 Å². The van der Waals surface area contributed by atoms with Crippen molar-refractivity contribution in [2.45, 2.75) is 25.8 Å². The van der Waals surface area contributed by atoms with Gasteiger partial charge in [-0.15, -0.1) is 0 Å². The molecule has 1 atom stereocenters. The van der Waals surface area contributed by atoms with Crippen LogP contribution < -0.4 is 0 Å². The molecule has 0 aromatic heterocycles. The van der Waals surface area contributed by atoms with Crippen LogP contribution in [0.3, 0.4) is 0 Å². The first-order valence-corrected chi connectivity index (χ1v) is 7.47. The van der Waals surface area contributed by atoms with Gasteiger partial charge in [-0.25, -0.2) is 8.78 Å². The molecule has 0 aliphatic carbocycles. The summed E-state index contributed by atoms with van der Waals surface area (Å²) in [6.07, 6.45) is 0.743. The summed E-state index contributed by atoms with van der Waals surface area (Å²) in [6, 6.07) is 3.74. The standard InChI is InChI=1S/C16H19F2NO4/c17-13-3-1-2-12(16(13)18)9-19(6-4-15(21)22)14(20)8-11-5-7-23-10-11/h1-3,11H,4-10H2,(H,21,22)/t11-/m0/s1. The number of carbonyl (C=O) groups excluding carboxylic acids is 1. The molecule has 1 fully saturated rings. The van der Waals surface area contributed by atoms with Gasteiger partial charge in [0.05, 0.1) is 6.42 Å². The van der Waals surface area contributed by atoms with E-state index in [9.17, 15) is 18.4 Å². The summed E-state index contributed by atoms with van der Waals surface area (Å²) in [4.78, 5) is 24.4. The van der Waals surface area contributed by atoms with Crippen molar-refractivity contribution in [1.29, 1.82) is 0 Å². The van der Waals surface area contributed by atoms with Crippen LogP contribution in [0.1, 0.15) is 24.8 Å². The molecular formula is C16H19F2NO4. The van der Waals surface area contributed by atoms with Crippen molar-refractivity contribution < 1.29 is 28.2 Å². The zero-order valence-corrected chi connectivity index (χ0v) is 12.6. The molecule has 1 amide bonds. The van der Waals surface area contributed by atoms with Crippen molar-refractivity contribution in [1.82, 2.24) is 4.90 Å². The molecule has 1 aliphatic rings. The number of carboxylic acid groups (broad SMARTS) is 1. The predicted molar refractivity (Wildman–Crippen MR) is 77.6 cm³/mol. The molecular weight excluding hydrogens is 308 g/mol. The molecule has 0 unspecified atom stereocenters. The third kappa shape index (κ3) is 4.99. The van der Waals surface area contributed by atoms with Gasteiger partial charge in [-0.05, 0) is 18.4 Å². The summed E-state index contributed by atoms with van der Waals surface area (Å²) in [5, 5.41) is 8.80. The Balaban J connectivity index is 2.07. The van der Waals surface area contributed by atoms with Crippen molar-refractivity contribution in [3.8, 4) is 0 Å². The molecule has 1 aliphatic heterocycles. The summed E-state index contributed by atoms with van der Waals surface area (Å²) in [6.45, 7) is 0.902. The van der Waals surface area contributed by atoms with Crippen LogP contribution in [0, 0.1) is 17.6 Å². The smallest absolute Gasteiger partial charge is 0.305 e. The summed E-state index contributed by atoms with van der Waals surface area (Å²) in [5.41, 5.74) is 0.0337. The number of hydrogen-bond acceptors (Lipinski definition) is 3. The monoisotopic (exact) mass is 327 g/mol. The highest BCUT2D eigenvalue weighted by molar-refractivity contribution is 5.77. The number of hydrogen-bond donors (Lipinski definition) is 1. The van der Waals surface area contributed by atoms with E-state index in [0.29, 0.717) is 13.2 Å². The van der Waals surface area contributed by atoms with Crippen LogP contribution in [0.4, 0.5) is 8.78 Å². The molecule has 2 rings (SSSR count). The lowest BCUT2D eigenvalue weighted by Crippen LogP contribution is -2.34. The van der Waals surface area contributed by atoms with Crippen LogP contribution in [0.25, 0.3) is 0 Å². The van der Waals surface area contributed by atoms with E-state index in [1.54, 1.807) is 0 Å². The summed E-state index contributed by atoms with van der Waals surface area (Å²) in [5.74, 6) is -3.23. The van der Waals surface area contributed by atoms with Crippen molar-refractivity contribution in [3.05, 3.63) is 35.4 Å². The Bertz CT molecular complexity index is 573. The maximum Gasteiger partial charge on any atom is 0.305 e. The number of nitrogens with zero attached hydrogens (tertiary/aromatic N) is 1. The quantitative estimate of drug-likeness (QED) is 0.834. The lowest BCUT2D eigenvalue weighted by Gasteiger charge is -2.23. The van der Waals surface area contributed by atoms with Crippen molar-refractivity contribution in [2.24, 2.45) is 5.92 Å². The number of benzene rings is 1. The topological polar surface area (TPSA) is 66.8 Å². The van der Waals surface area contributed by atoms with E-state index in [1.807, 2.05) is 0 Å². The number of rotatable bonds is 7. The number of carbonyl (C=O) groups is 2. The predicted octanol–water partition coefficient (Wildman–Crippen LogP) is 2.19. The minimum Gasteiger partial charge on any atom is -0.481 e. The normalized spacial score (nSPS) is 17.2. The van der Waals surface area contributed by atoms with E-state index >= 15 is 0 Å². The third-order valence-electron chi connectivity index (χ3n) is 3.83. The number of amides is 1. The fourth-order valence-electron chi connectivity index (χ4n) is 2.52. The fourth-order valence-corrected chi connectivity index (χ4v) is 2.52. The van der Waals surface area contributed by atoms with Gasteiger partial charge in [0.1, 0.15) is 0 Å². The zero-order chi connectivity index (χ0) is 16.8. The number of ether oxygens (including phenoxy) is 1. The molecule has 7 heteroatoms. The average molecular weight is 327 g/mol. The first-order chi connectivity index (χ1) is 11.0. The van der Waals surface area contributed by atoms with Gasteiger partial charge in [0.15, 0.2) is 11.6 Å². The lowest BCUT2D eigenvalue weighted by atomic mass is 10.0. The molecule has 5 nitrogen and oxygen atoms in total. The minimum atomic E-state index is -1.05. The molecule has 0 saturated carbocycles. The summed E-state index contributed by atoms with van der Waals surface area (Å²) in [7, 11) is 0. The second-order valence-electron chi connectivity index (χ2n) is 5.61. The average Bonchev–Trinajstić information content (AvgIpc) is 3.00. The molecule has 0 radical (unpaired) electrons. The lowest BCUT2D eigenvalue weighted by molar-refractivity contribution is -0.139. The van der Waals surface area contributed by atoms with E-state index in [0.717, 1.165) is 12.5 Å². The number of halogens is 2. The van der Waals surface area contributed by atoms with E-state index in [-0.39, 0.29) is 43.3 Å². The highest BCUT2D eigenvalue weighted by atomic mass is 19.2. The second kappa shape index (κ2) is 8.01. The first-order valence-electron chi connectivity index (χ1n) is 7.47. The Morgan fingerprint density at radius 3 is 2.78 bits per heavy atom. The third-order valence-corrected chi connectivity index (χ3v) is 3.83. The van der Waals surface area contributed by atoms with Crippen LogP contribution in [0.5, 0.6) is 0 Å². The maximum absolute atomic E-state index is 13.8. The molecule has 0 bridgehead atoms. The van der Waals surface area contributed by atoms with Crippen molar-refractivity contribution in [3.63, 3.8) is 0 Å². The van der Waals surface area contributed by atoms with Gasteiger partial charge < -0.3 is 14.7 Å². The zero-order valence-electron chi connectivity index (χ0n) is 12.6. The molecule has 1 aromatic carbocycles. The Morgan fingerprint density at radius 1 is 1.35 bits per heavy atom. The molecule has 0 spiro atoms. The molecule has 1 saturated heterocycles. The molecule has 1 aromatic rings. The highest BCUT2D eigenvalue weighted by Gasteiger charge is 2.24. The fraction of sp³-hybridized carbons (Fsp3) is 0.500. The second-order valence-corrected chi connectivity index (χ2v) is 5.61. The summed E-state index contributed by atoms with van der Waals surface area (Å²) >= 11 is 0. The van der Waals surface area contributed by atoms with Gasteiger partial charge in [0.25, 0.3) is 0 Å². The van der Waals surface area contributed by atoms with Crippen LogP contribution in [-0.4, -0.2) is 41.6 Å². The SMILES string of the molecule is O=C(O)CCN(Cc1cccc(F)c1F)C(=O)C[C@@H]1CCOC1. The van der Waals surface area contributed by atoms with Crippen LogP contribution in [-0.2, 0) is 20.9 Å². The minimum absolute atomic E-state index is 0.0337. The van der Waals surface area contributed by atoms with Gasteiger partial charge in [0.2, 0.25) is 5.91 Å². The van der Waals surface area contributed by atoms with Gasteiger partial charge >= 0.3 is 5.97 Å². The van der Waals surface area contributed by atoms with Crippen LogP contribution in [0.15, 0.2) is 18.2 Å². The Hall–Kier alpha value is -2.02. The molecule has 1 heterocycles. The van der Waals surface area contributed by atoms with Crippen molar-refractivity contribution >= 4 is 11.9 Å². The van der Waals surface area contributed by atoms with Gasteiger partial charge in [-0.1, -0.05) is 12.1 Å². The summed E-state index contributed by atoms with van der Waals surface area (Å²) < 4.78 is 32.3. The number of carboxylic acids is 1.